The number of likely N-dealkylation sites (tertiary alicyclic amines) is 1. The molecule has 2 rings (SSSR count). The second-order valence-corrected chi connectivity index (χ2v) is 7.09. The number of amides is 1. The van der Waals surface area contributed by atoms with Crippen molar-refractivity contribution >= 4 is 40.7 Å². The molecule has 6 heteroatoms. The van der Waals surface area contributed by atoms with Gasteiger partial charge >= 0.3 is 0 Å². The summed E-state index contributed by atoms with van der Waals surface area (Å²) in [5, 5.41) is 0. The molecule has 0 aromatic heterocycles. The lowest BCUT2D eigenvalue weighted by Gasteiger charge is -2.34. The first-order chi connectivity index (χ1) is 9.43. The first-order valence-corrected chi connectivity index (χ1v) is 7.56. The summed E-state index contributed by atoms with van der Waals surface area (Å²) in [6, 6.07) is 7.96. The number of carbonyl (C=O) groups is 1. The Morgan fingerprint density at radius 3 is 2.40 bits per heavy atom. The minimum Gasteiger partial charge on any atom is -0.496 e. The average Bonchev–Trinajstić information content (AvgIpc) is 2.45. The number of halogens is 3. The topological polar surface area (TPSA) is 29.5 Å². The molecule has 1 fully saturated rings. The van der Waals surface area contributed by atoms with Gasteiger partial charge in [0, 0.05) is 13.1 Å². The van der Waals surface area contributed by atoms with E-state index in [1.807, 2.05) is 18.2 Å². The maximum atomic E-state index is 11.9. The quantitative estimate of drug-likeness (QED) is 0.769. The van der Waals surface area contributed by atoms with Gasteiger partial charge in [-0.1, -0.05) is 53.0 Å². The molecule has 0 atom stereocenters. The molecule has 0 saturated carbocycles. The number of ether oxygens (including phenoxy) is 1. The molecule has 1 aliphatic heterocycles. The van der Waals surface area contributed by atoms with Gasteiger partial charge in [0.25, 0.3) is 9.70 Å². The van der Waals surface area contributed by atoms with E-state index in [1.165, 1.54) is 5.56 Å². The van der Waals surface area contributed by atoms with Gasteiger partial charge < -0.3 is 9.64 Å². The molecule has 0 bridgehead atoms. The first kappa shape index (κ1) is 15.7. The van der Waals surface area contributed by atoms with E-state index in [0.29, 0.717) is 19.0 Å². The zero-order valence-corrected chi connectivity index (χ0v) is 13.4. The van der Waals surface area contributed by atoms with Crippen LogP contribution in [0.3, 0.4) is 0 Å². The van der Waals surface area contributed by atoms with Gasteiger partial charge in [-0.3, -0.25) is 4.79 Å². The number of rotatable bonds is 2. The second kappa shape index (κ2) is 6.42. The van der Waals surface area contributed by atoms with Crippen molar-refractivity contribution in [3.63, 3.8) is 0 Å². The fraction of sp³-hybridized carbons (Fsp3) is 0.500. The zero-order valence-electron chi connectivity index (χ0n) is 11.1. The van der Waals surface area contributed by atoms with E-state index in [4.69, 9.17) is 39.5 Å². The first-order valence-electron chi connectivity index (χ1n) is 6.42. The fourth-order valence-corrected chi connectivity index (χ4v) is 2.94. The van der Waals surface area contributed by atoms with Crippen LogP contribution in [0.1, 0.15) is 24.3 Å². The molecule has 20 heavy (non-hydrogen) atoms. The van der Waals surface area contributed by atoms with Crippen LogP contribution in [-0.4, -0.2) is 34.8 Å². The number of carbonyl (C=O) groups excluding carboxylic acids is 1. The highest BCUT2D eigenvalue weighted by molar-refractivity contribution is 6.76. The van der Waals surface area contributed by atoms with Gasteiger partial charge in [-0.2, -0.15) is 0 Å². The van der Waals surface area contributed by atoms with Gasteiger partial charge in [0.2, 0.25) is 0 Å². The highest BCUT2D eigenvalue weighted by atomic mass is 35.6. The van der Waals surface area contributed by atoms with Crippen molar-refractivity contribution in [1.82, 2.24) is 4.90 Å². The van der Waals surface area contributed by atoms with Crippen molar-refractivity contribution in [2.24, 2.45) is 0 Å². The van der Waals surface area contributed by atoms with Crippen LogP contribution in [-0.2, 0) is 4.79 Å². The van der Waals surface area contributed by atoms with Crippen LogP contribution >= 0.6 is 34.8 Å². The molecule has 1 saturated heterocycles. The van der Waals surface area contributed by atoms with E-state index >= 15 is 0 Å². The van der Waals surface area contributed by atoms with Crippen LogP contribution in [0.15, 0.2) is 24.3 Å². The van der Waals surface area contributed by atoms with Crippen molar-refractivity contribution in [3.8, 4) is 5.75 Å². The van der Waals surface area contributed by atoms with Crippen LogP contribution in [0.2, 0.25) is 0 Å². The number of hydrogen-bond acceptors (Lipinski definition) is 2. The molecule has 1 amide bonds. The molecule has 0 N–H and O–H groups in total. The predicted octanol–water partition coefficient (Wildman–Crippen LogP) is 3.77. The van der Waals surface area contributed by atoms with E-state index in [0.717, 1.165) is 18.6 Å². The molecular weight excluding hydrogens is 321 g/mol. The van der Waals surface area contributed by atoms with Crippen molar-refractivity contribution in [1.29, 1.82) is 0 Å². The Kier molecular flexibility index (Phi) is 5.05. The van der Waals surface area contributed by atoms with E-state index in [1.54, 1.807) is 12.0 Å². The summed E-state index contributed by atoms with van der Waals surface area (Å²) in [6.45, 7) is 1.19. The summed E-state index contributed by atoms with van der Waals surface area (Å²) < 4.78 is 3.52. The number of hydrogen-bond donors (Lipinski definition) is 0. The SMILES string of the molecule is COc1ccccc1C1CCN(C(=O)C(Cl)(Cl)Cl)CC1. The van der Waals surface area contributed by atoms with Gasteiger partial charge in [-0.25, -0.2) is 0 Å². The van der Waals surface area contributed by atoms with E-state index in [2.05, 4.69) is 6.07 Å². The second-order valence-electron chi connectivity index (χ2n) is 4.81. The number of benzene rings is 1. The molecule has 1 aliphatic rings. The third-order valence-corrected chi connectivity index (χ3v) is 4.09. The summed E-state index contributed by atoms with van der Waals surface area (Å²) in [6.07, 6.45) is 1.68. The molecule has 0 radical (unpaired) electrons. The Hall–Kier alpha value is -0.640. The molecule has 110 valence electrons. The number of piperidine rings is 1. The predicted molar refractivity (Wildman–Crippen MR) is 81.8 cm³/mol. The largest absolute Gasteiger partial charge is 0.496 e. The maximum Gasteiger partial charge on any atom is 0.274 e. The standard InChI is InChI=1S/C14H16Cl3NO2/c1-20-12-5-3-2-4-11(12)10-6-8-18(9-7-10)13(19)14(15,16)17/h2-5,10H,6-9H2,1H3. The molecule has 3 nitrogen and oxygen atoms in total. The van der Waals surface area contributed by atoms with Gasteiger partial charge in [0.05, 0.1) is 7.11 Å². The van der Waals surface area contributed by atoms with Crippen LogP contribution in [0, 0.1) is 0 Å². The summed E-state index contributed by atoms with van der Waals surface area (Å²) >= 11 is 16.9. The van der Waals surface area contributed by atoms with Crippen molar-refractivity contribution < 1.29 is 9.53 Å². The zero-order chi connectivity index (χ0) is 14.8. The molecule has 1 heterocycles. The third-order valence-electron chi connectivity index (χ3n) is 3.60. The number of nitrogens with zero attached hydrogens (tertiary/aromatic N) is 1. The van der Waals surface area contributed by atoms with Gasteiger partial charge in [-0.05, 0) is 30.4 Å². The van der Waals surface area contributed by atoms with Gasteiger partial charge in [0.1, 0.15) is 5.75 Å². The maximum absolute atomic E-state index is 11.9. The highest BCUT2D eigenvalue weighted by Crippen LogP contribution is 2.36. The molecule has 1 aromatic rings. The Balaban J connectivity index is 2.03. The third kappa shape index (κ3) is 3.51. The smallest absolute Gasteiger partial charge is 0.274 e. The fourth-order valence-electron chi connectivity index (χ4n) is 2.58. The number of para-hydroxylation sites is 1. The van der Waals surface area contributed by atoms with Gasteiger partial charge in [-0.15, -0.1) is 0 Å². The number of methoxy groups -OCH3 is 1. The Morgan fingerprint density at radius 1 is 1.25 bits per heavy atom. The van der Waals surface area contributed by atoms with Crippen molar-refractivity contribution in [2.45, 2.75) is 22.6 Å². The Bertz CT molecular complexity index is 480. The summed E-state index contributed by atoms with van der Waals surface area (Å²) in [7, 11) is 1.67. The van der Waals surface area contributed by atoms with Crippen LogP contribution in [0.4, 0.5) is 0 Å². The van der Waals surface area contributed by atoms with Crippen LogP contribution < -0.4 is 4.74 Å². The minimum atomic E-state index is -1.86. The monoisotopic (exact) mass is 335 g/mol. The average molecular weight is 337 g/mol. The molecule has 1 aromatic carbocycles. The highest BCUT2D eigenvalue weighted by Gasteiger charge is 2.37. The van der Waals surface area contributed by atoms with Crippen LogP contribution in [0.5, 0.6) is 5.75 Å². The van der Waals surface area contributed by atoms with E-state index < -0.39 is 9.70 Å². The van der Waals surface area contributed by atoms with Gasteiger partial charge in [0.15, 0.2) is 0 Å². The number of alkyl halides is 3. The lowest BCUT2D eigenvalue weighted by atomic mass is 9.89. The normalized spacial score (nSPS) is 17.1. The van der Waals surface area contributed by atoms with Crippen molar-refractivity contribution in [2.75, 3.05) is 20.2 Å². The minimum absolute atomic E-state index is 0.366. The summed E-state index contributed by atoms with van der Waals surface area (Å²) in [5.41, 5.74) is 1.18. The molecule has 0 spiro atoms. The molecule has 0 aliphatic carbocycles. The Morgan fingerprint density at radius 2 is 1.85 bits per heavy atom. The van der Waals surface area contributed by atoms with E-state index in [-0.39, 0.29) is 0 Å². The van der Waals surface area contributed by atoms with E-state index in [9.17, 15) is 4.79 Å². The Labute approximate surface area is 133 Å². The molecular formula is C14H16Cl3NO2. The lowest BCUT2D eigenvalue weighted by Crippen LogP contribution is -2.43. The lowest BCUT2D eigenvalue weighted by molar-refractivity contribution is -0.131. The van der Waals surface area contributed by atoms with Crippen LogP contribution in [0.25, 0.3) is 0 Å². The summed E-state index contributed by atoms with van der Waals surface area (Å²) in [5.74, 6) is 0.810. The van der Waals surface area contributed by atoms with Crippen molar-refractivity contribution in [3.05, 3.63) is 29.8 Å². The molecule has 0 unspecified atom stereocenters. The summed E-state index contributed by atoms with van der Waals surface area (Å²) in [4.78, 5) is 13.5.